The molecule has 0 saturated carbocycles. The molecule has 1 amide bonds. The Balaban J connectivity index is 1.64. The number of nitrogens with zero attached hydrogens (tertiary/aromatic N) is 3. The van der Waals surface area contributed by atoms with Crippen LogP contribution in [0, 0.1) is 11.7 Å². The second kappa shape index (κ2) is 11.6. The van der Waals surface area contributed by atoms with Gasteiger partial charge in [-0.15, -0.1) is 10.2 Å². The van der Waals surface area contributed by atoms with Crippen molar-refractivity contribution in [1.29, 1.82) is 0 Å². The monoisotopic (exact) mass is 442 g/mol. The van der Waals surface area contributed by atoms with E-state index in [1.54, 1.807) is 12.1 Å². The summed E-state index contributed by atoms with van der Waals surface area (Å²) < 4.78 is 20.8. The highest BCUT2D eigenvalue weighted by atomic mass is 32.2. The number of hydrogen-bond donors (Lipinski definition) is 1. The van der Waals surface area contributed by atoms with Crippen molar-refractivity contribution in [2.24, 2.45) is 5.92 Å². The highest BCUT2D eigenvalue weighted by molar-refractivity contribution is 7.99. The maximum Gasteiger partial charge on any atom is 0.230 e. The van der Waals surface area contributed by atoms with Gasteiger partial charge in [0.05, 0.1) is 12.4 Å². The maximum atomic E-state index is 13.4. The molecule has 0 atom stereocenters. The van der Waals surface area contributed by atoms with E-state index in [4.69, 9.17) is 4.74 Å². The lowest BCUT2D eigenvalue weighted by molar-refractivity contribution is -0.118. The van der Waals surface area contributed by atoms with E-state index in [0.717, 1.165) is 17.7 Å². The van der Waals surface area contributed by atoms with Crippen LogP contribution in [0.1, 0.15) is 20.3 Å². The van der Waals surface area contributed by atoms with Crippen molar-refractivity contribution >= 4 is 17.7 Å². The Kier molecular flexibility index (Phi) is 8.61. The summed E-state index contributed by atoms with van der Waals surface area (Å²) in [6.07, 6.45) is 1.01. The summed E-state index contributed by atoms with van der Waals surface area (Å²) in [5.74, 6) is 1.01. The molecular formula is C23H27FN4O2S. The van der Waals surface area contributed by atoms with Crippen molar-refractivity contribution in [3.05, 3.63) is 60.4 Å². The fourth-order valence-corrected chi connectivity index (χ4v) is 3.61. The Morgan fingerprint density at radius 1 is 1.10 bits per heavy atom. The smallest absolute Gasteiger partial charge is 0.230 e. The average molecular weight is 443 g/mol. The third-order valence-corrected chi connectivity index (χ3v) is 5.42. The van der Waals surface area contributed by atoms with Gasteiger partial charge in [-0.25, -0.2) is 4.39 Å². The predicted molar refractivity (Wildman–Crippen MR) is 121 cm³/mol. The molecule has 8 heteroatoms. The number of nitrogens with one attached hydrogen (secondary N) is 1. The summed E-state index contributed by atoms with van der Waals surface area (Å²) in [4.78, 5) is 12.2. The van der Waals surface area contributed by atoms with E-state index in [2.05, 4.69) is 29.4 Å². The molecule has 0 aliphatic carbocycles. The molecule has 31 heavy (non-hydrogen) atoms. The predicted octanol–water partition coefficient (Wildman–Crippen LogP) is 4.34. The van der Waals surface area contributed by atoms with Crippen molar-refractivity contribution in [2.75, 3.05) is 25.5 Å². The van der Waals surface area contributed by atoms with Crippen LogP contribution in [0.3, 0.4) is 0 Å². The van der Waals surface area contributed by atoms with Gasteiger partial charge < -0.3 is 10.1 Å². The summed E-state index contributed by atoms with van der Waals surface area (Å²) in [5.41, 5.74) is 1.61. The zero-order valence-electron chi connectivity index (χ0n) is 17.8. The Morgan fingerprint density at radius 3 is 2.55 bits per heavy atom. The number of hydrogen-bond acceptors (Lipinski definition) is 5. The highest BCUT2D eigenvalue weighted by Gasteiger charge is 2.17. The minimum absolute atomic E-state index is 0.104. The fourth-order valence-electron chi connectivity index (χ4n) is 2.83. The average Bonchev–Trinajstić information content (AvgIpc) is 3.19. The van der Waals surface area contributed by atoms with E-state index < -0.39 is 0 Å². The second-order valence-corrected chi connectivity index (χ2v) is 8.36. The fraction of sp³-hybridized carbons (Fsp3) is 0.348. The minimum Gasteiger partial charge on any atom is -0.380 e. The lowest BCUT2D eigenvalue weighted by atomic mass is 10.1. The van der Waals surface area contributed by atoms with Gasteiger partial charge in [0.25, 0.3) is 0 Å². The largest absolute Gasteiger partial charge is 0.380 e. The van der Waals surface area contributed by atoms with Gasteiger partial charge in [-0.1, -0.05) is 55.9 Å². The van der Waals surface area contributed by atoms with Crippen molar-refractivity contribution in [1.82, 2.24) is 20.1 Å². The molecule has 6 nitrogen and oxygen atoms in total. The van der Waals surface area contributed by atoms with Crippen LogP contribution >= 0.6 is 11.8 Å². The minimum atomic E-state index is -0.317. The van der Waals surface area contributed by atoms with E-state index >= 15 is 0 Å². The second-order valence-electron chi connectivity index (χ2n) is 7.42. The van der Waals surface area contributed by atoms with Gasteiger partial charge in [0.1, 0.15) is 5.82 Å². The van der Waals surface area contributed by atoms with Crippen LogP contribution in [-0.4, -0.2) is 46.2 Å². The molecule has 0 saturated heterocycles. The zero-order chi connectivity index (χ0) is 22.1. The molecular weight excluding hydrogens is 415 g/mol. The van der Waals surface area contributed by atoms with Crippen LogP contribution in [0.25, 0.3) is 17.1 Å². The van der Waals surface area contributed by atoms with Crippen LogP contribution in [0.15, 0.2) is 59.8 Å². The van der Waals surface area contributed by atoms with E-state index in [1.165, 1.54) is 23.9 Å². The van der Waals surface area contributed by atoms with Crippen molar-refractivity contribution < 1.29 is 13.9 Å². The number of halogens is 1. The summed E-state index contributed by atoms with van der Waals surface area (Å²) in [6.45, 7) is 5.96. The number of ether oxygens (including phenoxy) is 1. The van der Waals surface area contributed by atoms with Crippen LogP contribution in [0.4, 0.5) is 4.39 Å². The molecule has 0 fully saturated rings. The number of carbonyl (C=O) groups excluding carboxylic acids is 1. The third-order valence-electron chi connectivity index (χ3n) is 4.49. The molecule has 0 unspecified atom stereocenters. The van der Waals surface area contributed by atoms with E-state index in [-0.39, 0.29) is 17.5 Å². The molecule has 0 aliphatic rings. The number of benzene rings is 2. The SMILES string of the molecule is CC(C)CCOCCNC(=O)CSc1nnc(-c2ccccc2)n1-c1ccc(F)cc1. The van der Waals surface area contributed by atoms with Gasteiger partial charge in [0, 0.05) is 24.4 Å². The molecule has 1 aromatic heterocycles. The molecule has 3 aromatic rings. The number of thioether (sulfide) groups is 1. The van der Waals surface area contributed by atoms with Crippen LogP contribution < -0.4 is 5.32 Å². The first-order valence-electron chi connectivity index (χ1n) is 10.3. The molecule has 1 N–H and O–H groups in total. The van der Waals surface area contributed by atoms with E-state index in [9.17, 15) is 9.18 Å². The first kappa shape index (κ1) is 23.0. The standard InChI is InChI=1S/C23H27FN4O2S/c1-17(2)12-14-30-15-13-25-21(29)16-31-23-27-26-22(18-6-4-3-5-7-18)28(23)20-10-8-19(24)9-11-20/h3-11,17H,12-16H2,1-2H3,(H,25,29). The molecule has 0 radical (unpaired) electrons. The van der Waals surface area contributed by atoms with Gasteiger partial charge in [0.15, 0.2) is 11.0 Å². The number of carbonyl (C=O) groups is 1. The molecule has 0 aliphatic heterocycles. The van der Waals surface area contributed by atoms with E-state index in [0.29, 0.717) is 36.7 Å². The summed E-state index contributed by atoms with van der Waals surface area (Å²) in [5, 5.41) is 12.0. The first-order valence-corrected chi connectivity index (χ1v) is 11.3. The number of aromatic nitrogens is 3. The molecule has 1 heterocycles. The molecule has 0 spiro atoms. The molecule has 164 valence electrons. The van der Waals surface area contributed by atoms with Gasteiger partial charge in [-0.05, 0) is 36.6 Å². The van der Waals surface area contributed by atoms with Gasteiger partial charge in [-0.2, -0.15) is 0 Å². The third kappa shape index (κ3) is 6.90. The van der Waals surface area contributed by atoms with Crippen LogP contribution in [0.2, 0.25) is 0 Å². The molecule has 0 bridgehead atoms. The molecule has 3 rings (SSSR count). The molecule has 2 aromatic carbocycles. The lowest BCUT2D eigenvalue weighted by Gasteiger charge is -2.11. The van der Waals surface area contributed by atoms with Gasteiger partial charge >= 0.3 is 0 Å². The Labute approximate surface area is 186 Å². The number of amides is 1. The van der Waals surface area contributed by atoms with E-state index in [1.807, 2.05) is 34.9 Å². The normalized spacial score (nSPS) is 11.1. The number of rotatable bonds is 11. The zero-order valence-corrected chi connectivity index (χ0v) is 18.6. The Morgan fingerprint density at radius 2 is 1.84 bits per heavy atom. The topological polar surface area (TPSA) is 69.0 Å². The Hall–Kier alpha value is -2.71. The van der Waals surface area contributed by atoms with Gasteiger partial charge in [0.2, 0.25) is 5.91 Å². The lowest BCUT2D eigenvalue weighted by Crippen LogP contribution is -2.29. The van der Waals surface area contributed by atoms with Crippen LogP contribution in [0.5, 0.6) is 0 Å². The van der Waals surface area contributed by atoms with Crippen molar-refractivity contribution in [2.45, 2.75) is 25.4 Å². The summed E-state index contributed by atoms with van der Waals surface area (Å²) in [7, 11) is 0. The summed E-state index contributed by atoms with van der Waals surface area (Å²) >= 11 is 1.28. The highest BCUT2D eigenvalue weighted by Crippen LogP contribution is 2.27. The van der Waals surface area contributed by atoms with Crippen molar-refractivity contribution in [3.8, 4) is 17.1 Å². The van der Waals surface area contributed by atoms with Gasteiger partial charge in [-0.3, -0.25) is 9.36 Å². The quantitative estimate of drug-likeness (QED) is 0.353. The van der Waals surface area contributed by atoms with Crippen LogP contribution in [-0.2, 0) is 9.53 Å². The maximum absolute atomic E-state index is 13.4. The van der Waals surface area contributed by atoms with Crippen molar-refractivity contribution in [3.63, 3.8) is 0 Å². The summed E-state index contributed by atoms with van der Waals surface area (Å²) in [6, 6.07) is 15.8. The Bertz CT molecular complexity index is 961. The first-order chi connectivity index (χ1) is 15.0.